The van der Waals surface area contributed by atoms with Crippen molar-refractivity contribution in [1.29, 1.82) is 0 Å². The van der Waals surface area contributed by atoms with Crippen LogP contribution in [0.3, 0.4) is 0 Å². The smallest absolute Gasteiger partial charge is 0.339 e. The molecule has 1 N–H and O–H groups in total. The van der Waals surface area contributed by atoms with Gasteiger partial charge in [0.2, 0.25) is 0 Å². The normalized spacial score (nSPS) is 12.4. The van der Waals surface area contributed by atoms with Gasteiger partial charge in [-0.2, -0.15) is 0 Å². The van der Waals surface area contributed by atoms with Crippen molar-refractivity contribution in [2.75, 3.05) is 26.1 Å². The Labute approximate surface area is 213 Å². The van der Waals surface area contributed by atoms with Crippen LogP contribution in [-0.4, -0.2) is 49.9 Å². The fourth-order valence-electron chi connectivity index (χ4n) is 3.57. The molecule has 0 unspecified atom stereocenters. The minimum absolute atomic E-state index is 0.222. The van der Waals surface area contributed by atoms with E-state index in [0.717, 1.165) is 6.07 Å². The Balaban J connectivity index is 1.80. The first-order chi connectivity index (χ1) is 17.7. The van der Waals surface area contributed by atoms with Gasteiger partial charge in [0.25, 0.3) is 5.91 Å². The van der Waals surface area contributed by atoms with Crippen LogP contribution in [0.1, 0.15) is 40.1 Å². The number of carbonyl (C=O) groups excluding carboxylic acids is 2. The number of hydrogen-bond donors (Lipinski definition) is 1. The van der Waals surface area contributed by atoms with Gasteiger partial charge in [0.05, 0.1) is 25.4 Å². The van der Waals surface area contributed by atoms with Crippen molar-refractivity contribution >= 4 is 17.7 Å². The molecule has 1 heterocycles. The summed E-state index contributed by atoms with van der Waals surface area (Å²) < 4.78 is 48.7. The third-order valence-electron chi connectivity index (χ3n) is 5.09. The number of methoxy groups -OCH3 is 2. The Bertz CT molecular complexity index is 1220. The van der Waals surface area contributed by atoms with E-state index in [-0.39, 0.29) is 29.5 Å². The van der Waals surface area contributed by atoms with E-state index in [9.17, 15) is 18.4 Å². The van der Waals surface area contributed by atoms with Crippen molar-refractivity contribution in [2.45, 2.75) is 32.5 Å². The first-order valence-corrected chi connectivity index (χ1v) is 11.4. The van der Waals surface area contributed by atoms with Gasteiger partial charge in [-0.05, 0) is 55.8 Å². The van der Waals surface area contributed by atoms with E-state index in [4.69, 9.17) is 14.2 Å². The molecule has 0 saturated heterocycles. The van der Waals surface area contributed by atoms with Crippen LogP contribution in [0.2, 0.25) is 0 Å². The highest BCUT2D eigenvalue weighted by Gasteiger charge is 2.16. The molecule has 3 rings (SSSR count). The van der Waals surface area contributed by atoms with E-state index in [1.807, 2.05) is 6.92 Å². The number of carbonyl (C=O) groups is 2. The van der Waals surface area contributed by atoms with Crippen LogP contribution in [0.4, 0.5) is 14.6 Å². The zero-order valence-electron chi connectivity index (χ0n) is 20.9. The largest absolute Gasteiger partial charge is 0.490 e. The maximum Gasteiger partial charge on any atom is 0.339 e. The van der Waals surface area contributed by atoms with Crippen molar-refractivity contribution in [1.82, 2.24) is 4.98 Å². The number of pyridine rings is 1. The van der Waals surface area contributed by atoms with Gasteiger partial charge >= 0.3 is 5.97 Å². The summed E-state index contributed by atoms with van der Waals surface area (Å²) in [5.41, 5.74) is 0.899. The Morgan fingerprint density at radius 3 is 2.11 bits per heavy atom. The van der Waals surface area contributed by atoms with E-state index in [2.05, 4.69) is 15.0 Å². The van der Waals surface area contributed by atoms with Gasteiger partial charge in [0.1, 0.15) is 35.1 Å². The van der Waals surface area contributed by atoms with E-state index < -0.39 is 29.6 Å². The summed E-state index contributed by atoms with van der Waals surface area (Å²) in [6.45, 7) is 3.88. The highest BCUT2D eigenvalue weighted by Crippen LogP contribution is 2.26. The van der Waals surface area contributed by atoms with Gasteiger partial charge in [0.15, 0.2) is 0 Å². The van der Waals surface area contributed by atoms with E-state index in [1.165, 1.54) is 43.6 Å². The lowest BCUT2D eigenvalue weighted by Crippen LogP contribution is -2.20. The molecule has 0 saturated carbocycles. The highest BCUT2D eigenvalue weighted by atomic mass is 19.1. The molecule has 0 bridgehead atoms. The molecule has 1 aromatic heterocycles. The Morgan fingerprint density at radius 1 is 0.892 bits per heavy atom. The summed E-state index contributed by atoms with van der Waals surface area (Å²) >= 11 is 0. The van der Waals surface area contributed by atoms with E-state index in [0.29, 0.717) is 23.7 Å². The quantitative estimate of drug-likeness (QED) is 0.367. The lowest BCUT2D eigenvalue weighted by Gasteiger charge is -2.19. The zero-order valence-corrected chi connectivity index (χ0v) is 20.9. The summed E-state index contributed by atoms with van der Waals surface area (Å²) in [5.74, 6) is -1.46. The number of esters is 1. The van der Waals surface area contributed by atoms with Gasteiger partial charge in [-0.25, -0.2) is 18.6 Å². The second-order valence-electron chi connectivity index (χ2n) is 8.37. The third-order valence-corrected chi connectivity index (χ3v) is 5.09. The number of hydrogen-bond acceptors (Lipinski definition) is 7. The number of anilines is 1. The van der Waals surface area contributed by atoms with Crippen LogP contribution >= 0.6 is 0 Å². The van der Waals surface area contributed by atoms with Crippen LogP contribution in [-0.2, 0) is 15.9 Å². The molecule has 8 nitrogen and oxygen atoms in total. The maximum atomic E-state index is 13.6. The van der Waals surface area contributed by atoms with Gasteiger partial charge in [-0.1, -0.05) is 0 Å². The molecule has 2 atom stereocenters. The molecule has 0 spiro atoms. The molecule has 0 aliphatic rings. The number of benzene rings is 2. The van der Waals surface area contributed by atoms with Crippen molar-refractivity contribution in [3.05, 3.63) is 83.1 Å². The van der Waals surface area contributed by atoms with Crippen LogP contribution in [0.25, 0.3) is 0 Å². The lowest BCUT2D eigenvalue weighted by atomic mass is 10.1. The van der Waals surface area contributed by atoms with Gasteiger partial charge in [-0.15, -0.1) is 0 Å². The first-order valence-electron chi connectivity index (χ1n) is 11.4. The number of ether oxygens (including phenoxy) is 4. The Morgan fingerprint density at radius 2 is 1.54 bits per heavy atom. The topological polar surface area (TPSA) is 96.0 Å². The Hall–Kier alpha value is -4.05. The monoisotopic (exact) mass is 514 g/mol. The van der Waals surface area contributed by atoms with E-state index >= 15 is 0 Å². The molecule has 0 aliphatic heterocycles. The van der Waals surface area contributed by atoms with Crippen molar-refractivity contribution in [2.24, 2.45) is 0 Å². The standard InChI is InChI=1S/C27H28F2N2O6/c1-16(7-18-8-21(28)12-22(29)9-18)36-23-10-20(11-24(13-23)37-17(2)15-34-3)26(32)31-25-6-5-19(14-30-25)27(33)35-4/h5-6,8-14,16-17H,7,15H2,1-4H3,(H,30,31,32)/t16-,17-/m0/s1. The fraction of sp³-hybridized carbons (Fsp3) is 0.296. The third kappa shape index (κ3) is 8.25. The van der Waals surface area contributed by atoms with Gasteiger partial charge in [0, 0.05) is 37.4 Å². The molecule has 196 valence electrons. The maximum absolute atomic E-state index is 13.6. The number of rotatable bonds is 11. The summed E-state index contributed by atoms with van der Waals surface area (Å²) in [7, 11) is 2.81. The Kier molecular flexibility index (Phi) is 9.51. The fourth-order valence-corrected chi connectivity index (χ4v) is 3.57. The molecule has 37 heavy (non-hydrogen) atoms. The summed E-state index contributed by atoms with van der Waals surface area (Å²) in [6, 6.07) is 10.9. The van der Waals surface area contributed by atoms with E-state index in [1.54, 1.807) is 26.2 Å². The van der Waals surface area contributed by atoms with Crippen LogP contribution < -0.4 is 14.8 Å². The number of aromatic nitrogens is 1. The summed E-state index contributed by atoms with van der Waals surface area (Å²) in [4.78, 5) is 28.7. The second kappa shape index (κ2) is 12.8. The van der Waals surface area contributed by atoms with Crippen LogP contribution in [0.15, 0.2) is 54.7 Å². The van der Waals surface area contributed by atoms with Crippen molar-refractivity contribution < 1.29 is 37.3 Å². The minimum atomic E-state index is -0.670. The zero-order chi connectivity index (χ0) is 26.9. The first kappa shape index (κ1) is 27.5. The molecule has 0 fully saturated rings. The predicted molar refractivity (Wildman–Crippen MR) is 132 cm³/mol. The average Bonchev–Trinajstić information content (AvgIpc) is 2.83. The predicted octanol–water partition coefficient (Wildman–Crippen LogP) is 4.82. The molecule has 0 radical (unpaired) electrons. The number of nitrogens with zero attached hydrogens (tertiary/aromatic N) is 1. The van der Waals surface area contributed by atoms with Crippen molar-refractivity contribution in [3.8, 4) is 11.5 Å². The molecule has 2 aromatic carbocycles. The van der Waals surface area contributed by atoms with Crippen LogP contribution in [0.5, 0.6) is 11.5 Å². The average molecular weight is 515 g/mol. The number of amides is 1. The molecule has 0 aliphatic carbocycles. The number of nitrogens with one attached hydrogen (secondary N) is 1. The van der Waals surface area contributed by atoms with Gasteiger partial charge in [-0.3, -0.25) is 4.79 Å². The molecule has 3 aromatic rings. The van der Waals surface area contributed by atoms with Crippen LogP contribution in [0, 0.1) is 11.6 Å². The molecule has 10 heteroatoms. The summed E-state index contributed by atoms with van der Waals surface area (Å²) in [6.07, 6.45) is 0.740. The molecular weight excluding hydrogens is 486 g/mol. The lowest BCUT2D eigenvalue weighted by molar-refractivity contribution is 0.0600. The number of halogens is 2. The van der Waals surface area contributed by atoms with Gasteiger partial charge < -0.3 is 24.3 Å². The SMILES string of the molecule is COC[C@H](C)Oc1cc(O[C@@H](C)Cc2cc(F)cc(F)c2)cc(C(=O)Nc2ccc(C(=O)OC)cn2)c1. The highest BCUT2D eigenvalue weighted by molar-refractivity contribution is 6.04. The minimum Gasteiger partial charge on any atom is -0.490 e. The summed E-state index contributed by atoms with van der Waals surface area (Å²) in [5, 5.41) is 2.66. The van der Waals surface area contributed by atoms with Crippen molar-refractivity contribution in [3.63, 3.8) is 0 Å². The second-order valence-corrected chi connectivity index (χ2v) is 8.37. The molecule has 1 amide bonds. The molecular formula is C27H28F2N2O6.